The minimum atomic E-state index is -0.209. The Morgan fingerprint density at radius 3 is 2.85 bits per heavy atom. The Labute approximate surface area is 126 Å². The van der Waals surface area contributed by atoms with Crippen molar-refractivity contribution in [2.45, 2.75) is 51.7 Å². The summed E-state index contributed by atoms with van der Waals surface area (Å²) in [6.07, 6.45) is 2.31. The lowest BCUT2D eigenvalue weighted by molar-refractivity contribution is 0.0554. The molecule has 1 aliphatic rings. The minimum absolute atomic E-state index is 0.00977. The summed E-state index contributed by atoms with van der Waals surface area (Å²) >= 11 is 6.16. The molecule has 1 aliphatic heterocycles. The van der Waals surface area contributed by atoms with Gasteiger partial charge in [-0.15, -0.1) is 0 Å². The van der Waals surface area contributed by atoms with E-state index >= 15 is 0 Å². The molecule has 0 amide bonds. The van der Waals surface area contributed by atoms with Crippen LogP contribution in [-0.4, -0.2) is 29.6 Å². The van der Waals surface area contributed by atoms with Gasteiger partial charge in [-0.2, -0.15) is 0 Å². The van der Waals surface area contributed by atoms with E-state index in [0.29, 0.717) is 23.2 Å². The van der Waals surface area contributed by atoms with Gasteiger partial charge in [-0.3, -0.25) is 4.90 Å². The molecular weight excluding hydrogens is 275 g/mol. The first-order valence-corrected chi connectivity index (χ1v) is 7.73. The molecule has 1 aromatic rings. The molecule has 1 heterocycles. The lowest BCUT2D eigenvalue weighted by Crippen LogP contribution is -2.61. The van der Waals surface area contributed by atoms with Crippen LogP contribution in [0, 0.1) is 5.82 Å². The number of hydrogen-bond donors (Lipinski definition) is 1. The van der Waals surface area contributed by atoms with Crippen LogP contribution in [0.15, 0.2) is 18.2 Å². The van der Waals surface area contributed by atoms with Crippen LogP contribution in [0.25, 0.3) is 0 Å². The van der Waals surface area contributed by atoms with E-state index in [9.17, 15) is 4.39 Å². The quantitative estimate of drug-likeness (QED) is 0.909. The Morgan fingerprint density at radius 2 is 2.20 bits per heavy atom. The van der Waals surface area contributed by atoms with Gasteiger partial charge in [0.05, 0.1) is 0 Å². The second-order valence-electron chi connectivity index (χ2n) is 6.26. The first-order valence-electron chi connectivity index (χ1n) is 7.35. The van der Waals surface area contributed by atoms with Crippen molar-refractivity contribution >= 4 is 11.6 Å². The van der Waals surface area contributed by atoms with E-state index in [0.717, 1.165) is 25.9 Å². The number of rotatable bonds is 4. The summed E-state index contributed by atoms with van der Waals surface area (Å²) < 4.78 is 14.0. The van der Waals surface area contributed by atoms with Gasteiger partial charge in [-0.25, -0.2) is 4.39 Å². The Morgan fingerprint density at radius 1 is 1.45 bits per heavy atom. The fourth-order valence-electron chi connectivity index (χ4n) is 2.78. The molecule has 0 aliphatic carbocycles. The van der Waals surface area contributed by atoms with E-state index in [1.54, 1.807) is 12.1 Å². The monoisotopic (exact) mass is 298 g/mol. The number of hydrogen-bond acceptors (Lipinski definition) is 2. The van der Waals surface area contributed by atoms with Crippen LogP contribution in [-0.2, 0) is 6.54 Å². The van der Waals surface area contributed by atoms with E-state index < -0.39 is 0 Å². The lowest BCUT2D eigenvalue weighted by atomic mass is 9.95. The van der Waals surface area contributed by atoms with Crippen LogP contribution < -0.4 is 5.32 Å². The average molecular weight is 299 g/mol. The maximum Gasteiger partial charge on any atom is 0.129 e. The highest BCUT2D eigenvalue weighted by atomic mass is 35.5. The molecule has 1 fully saturated rings. The Kier molecular flexibility index (Phi) is 5.05. The number of halogens is 2. The second kappa shape index (κ2) is 6.42. The molecule has 112 valence electrons. The van der Waals surface area contributed by atoms with Crippen molar-refractivity contribution < 1.29 is 4.39 Å². The van der Waals surface area contributed by atoms with Crippen molar-refractivity contribution in [1.29, 1.82) is 0 Å². The van der Waals surface area contributed by atoms with Gasteiger partial charge in [0.2, 0.25) is 0 Å². The van der Waals surface area contributed by atoms with Gasteiger partial charge in [-0.05, 0) is 32.4 Å². The van der Waals surface area contributed by atoms with Gasteiger partial charge in [0, 0.05) is 41.8 Å². The van der Waals surface area contributed by atoms with Gasteiger partial charge in [0.25, 0.3) is 0 Å². The summed E-state index contributed by atoms with van der Waals surface area (Å²) in [4.78, 5) is 2.34. The third-order valence-corrected chi connectivity index (χ3v) is 4.52. The third kappa shape index (κ3) is 3.51. The summed E-state index contributed by atoms with van der Waals surface area (Å²) in [6.45, 7) is 9.00. The Balaban J connectivity index is 2.16. The Hall–Kier alpha value is -0.640. The minimum Gasteiger partial charge on any atom is -0.311 e. The summed E-state index contributed by atoms with van der Waals surface area (Å²) in [7, 11) is 0. The SMILES string of the molecule is CCCC1CN(Cc2c(F)cccc2Cl)C(C)(C)CN1. The van der Waals surface area contributed by atoms with Crippen LogP contribution in [0.3, 0.4) is 0 Å². The maximum atomic E-state index is 14.0. The number of benzene rings is 1. The molecule has 1 N–H and O–H groups in total. The Bertz CT molecular complexity index is 442. The van der Waals surface area contributed by atoms with Crippen LogP contribution in [0.2, 0.25) is 5.02 Å². The molecule has 2 rings (SSSR count). The van der Waals surface area contributed by atoms with Crippen molar-refractivity contribution in [3.63, 3.8) is 0 Å². The molecule has 0 saturated carbocycles. The normalized spacial score (nSPS) is 22.9. The topological polar surface area (TPSA) is 15.3 Å². The first kappa shape index (κ1) is 15.7. The maximum absolute atomic E-state index is 14.0. The van der Waals surface area contributed by atoms with E-state index in [1.165, 1.54) is 6.07 Å². The van der Waals surface area contributed by atoms with Crippen LogP contribution in [0.4, 0.5) is 4.39 Å². The van der Waals surface area contributed by atoms with Crippen molar-refractivity contribution in [1.82, 2.24) is 10.2 Å². The standard InChI is InChI=1S/C16H24ClFN2/c1-4-6-12-9-20(16(2,3)11-19-12)10-13-14(17)7-5-8-15(13)18/h5,7-8,12,19H,4,6,9-11H2,1-3H3. The number of nitrogens with zero attached hydrogens (tertiary/aromatic N) is 1. The molecule has 0 aromatic heterocycles. The molecule has 0 bridgehead atoms. The van der Waals surface area contributed by atoms with E-state index in [4.69, 9.17) is 11.6 Å². The molecule has 1 atom stereocenters. The molecule has 20 heavy (non-hydrogen) atoms. The zero-order valence-corrected chi connectivity index (χ0v) is 13.3. The second-order valence-corrected chi connectivity index (χ2v) is 6.67. The van der Waals surface area contributed by atoms with Gasteiger partial charge < -0.3 is 5.32 Å². The summed E-state index contributed by atoms with van der Waals surface area (Å²) in [6, 6.07) is 5.39. The summed E-state index contributed by atoms with van der Waals surface area (Å²) in [5.41, 5.74) is 0.620. The molecule has 1 aromatic carbocycles. The molecular formula is C16H24ClFN2. The van der Waals surface area contributed by atoms with Crippen molar-refractivity contribution in [2.75, 3.05) is 13.1 Å². The average Bonchev–Trinajstić information content (AvgIpc) is 2.38. The van der Waals surface area contributed by atoms with Crippen LogP contribution >= 0.6 is 11.6 Å². The fourth-order valence-corrected chi connectivity index (χ4v) is 3.00. The molecule has 1 saturated heterocycles. The fraction of sp³-hybridized carbons (Fsp3) is 0.625. The molecule has 2 nitrogen and oxygen atoms in total. The summed E-state index contributed by atoms with van der Waals surface area (Å²) in [5, 5.41) is 4.11. The van der Waals surface area contributed by atoms with Crippen molar-refractivity contribution in [3.8, 4) is 0 Å². The zero-order chi connectivity index (χ0) is 14.8. The van der Waals surface area contributed by atoms with Crippen molar-refractivity contribution in [3.05, 3.63) is 34.6 Å². The van der Waals surface area contributed by atoms with E-state index in [2.05, 4.69) is 31.0 Å². The van der Waals surface area contributed by atoms with Gasteiger partial charge >= 0.3 is 0 Å². The van der Waals surface area contributed by atoms with Crippen LogP contribution in [0.1, 0.15) is 39.2 Å². The van der Waals surface area contributed by atoms with E-state index in [-0.39, 0.29) is 11.4 Å². The molecule has 0 spiro atoms. The highest BCUT2D eigenvalue weighted by molar-refractivity contribution is 6.31. The molecule has 0 radical (unpaired) electrons. The number of piperazine rings is 1. The molecule has 4 heteroatoms. The lowest BCUT2D eigenvalue weighted by Gasteiger charge is -2.46. The highest BCUT2D eigenvalue weighted by Gasteiger charge is 2.34. The van der Waals surface area contributed by atoms with Crippen LogP contribution in [0.5, 0.6) is 0 Å². The smallest absolute Gasteiger partial charge is 0.129 e. The predicted molar refractivity (Wildman–Crippen MR) is 82.6 cm³/mol. The third-order valence-electron chi connectivity index (χ3n) is 4.17. The van der Waals surface area contributed by atoms with Crippen molar-refractivity contribution in [2.24, 2.45) is 0 Å². The highest BCUT2D eigenvalue weighted by Crippen LogP contribution is 2.27. The first-order chi connectivity index (χ1) is 9.44. The van der Waals surface area contributed by atoms with Gasteiger partial charge in [-0.1, -0.05) is 31.0 Å². The van der Waals surface area contributed by atoms with Gasteiger partial charge in [0.15, 0.2) is 0 Å². The zero-order valence-electron chi connectivity index (χ0n) is 12.5. The molecule has 1 unspecified atom stereocenters. The predicted octanol–water partition coefficient (Wildman–Crippen LogP) is 3.83. The largest absolute Gasteiger partial charge is 0.311 e. The van der Waals surface area contributed by atoms with Gasteiger partial charge in [0.1, 0.15) is 5.82 Å². The summed E-state index contributed by atoms with van der Waals surface area (Å²) in [5.74, 6) is -0.209. The number of nitrogens with one attached hydrogen (secondary N) is 1. The van der Waals surface area contributed by atoms with E-state index in [1.807, 2.05) is 0 Å².